The van der Waals surface area contributed by atoms with E-state index >= 15 is 0 Å². The summed E-state index contributed by atoms with van der Waals surface area (Å²) in [5.41, 5.74) is 2.57. The van der Waals surface area contributed by atoms with Gasteiger partial charge in [0, 0.05) is 23.7 Å². The molecule has 0 spiro atoms. The Kier molecular flexibility index (Phi) is 2.67. The number of fused-ring (bicyclic) bond motifs is 1. The SMILES string of the molecule is CCOc1ccc2cc(C)n(CC)c2c1. The van der Waals surface area contributed by atoms with Gasteiger partial charge in [-0.2, -0.15) is 0 Å². The van der Waals surface area contributed by atoms with E-state index in [1.165, 1.54) is 16.6 Å². The molecular weight excluding hydrogens is 186 g/mol. The highest BCUT2D eigenvalue weighted by molar-refractivity contribution is 5.82. The van der Waals surface area contributed by atoms with Gasteiger partial charge in [0.15, 0.2) is 0 Å². The molecule has 2 rings (SSSR count). The van der Waals surface area contributed by atoms with Crippen LogP contribution in [0.4, 0.5) is 0 Å². The Hall–Kier alpha value is -1.44. The minimum absolute atomic E-state index is 0.720. The van der Waals surface area contributed by atoms with Gasteiger partial charge in [-0.05, 0) is 39.0 Å². The van der Waals surface area contributed by atoms with Crippen molar-refractivity contribution in [2.45, 2.75) is 27.3 Å². The molecule has 0 aliphatic heterocycles. The zero-order valence-electron chi connectivity index (χ0n) is 9.58. The van der Waals surface area contributed by atoms with Crippen molar-refractivity contribution in [1.82, 2.24) is 4.57 Å². The van der Waals surface area contributed by atoms with E-state index < -0.39 is 0 Å². The van der Waals surface area contributed by atoms with Crippen molar-refractivity contribution in [3.8, 4) is 5.75 Å². The summed E-state index contributed by atoms with van der Waals surface area (Å²) < 4.78 is 7.81. The van der Waals surface area contributed by atoms with Crippen molar-refractivity contribution in [2.75, 3.05) is 6.61 Å². The van der Waals surface area contributed by atoms with Crippen LogP contribution in [0.5, 0.6) is 5.75 Å². The van der Waals surface area contributed by atoms with E-state index in [9.17, 15) is 0 Å². The van der Waals surface area contributed by atoms with Gasteiger partial charge in [-0.15, -0.1) is 0 Å². The molecule has 0 aliphatic rings. The summed E-state index contributed by atoms with van der Waals surface area (Å²) in [5, 5.41) is 1.29. The first-order chi connectivity index (χ1) is 7.26. The molecule has 0 N–H and O–H groups in total. The molecule has 0 atom stereocenters. The molecule has 15 heavy (non-hydrogen) atoms. The first-order valence-corrected chi connectivity index (χ1v) is 5.49. The first kappa shape index (κ1) is 10.1. The second-order valence-corrected chi connectivity index (χ2v) is 3.68. The molecule has 2 aromatic rings. The maximum atomic E-state index is 5.51. The lowest BCUT2D eigenvalue weighted by Crippen LogP contribution is -1.96. The number of hydrogen-bond acceptors (Lipinski definition) is 1. The van der Waals surface area contributed by atoms with Gasteiger partial charge in [0.1, 0.15) is 5.75 Å². The number of ether oxygens (including phenoxy) is 1. The van der Waals surface area contributed by atoms with Gasteiger partial charge in [-0.3, -0.25) is 0 Å². The Balaban J connectivity index is 2.57. The van der Waals surface area contributed by atoms with Gasteiger partial charge in [0.25, 0.3) is 0 Å². The van der Waals surface area contributed by atoms with E-state index in [1.54, 1.807) is 0 Å². The second-order valence-electron chi connectivity index (χ2n) is 3.68. The fourth-order valence-electron chi connectivity index (χ4n) is 2.05. The summed E-state index contributed by atoms with van der Waals surface area (Å²) in [4.78, 5) is 0. The third kappa shape index (κ3) is 1.72. The van der Waals surface area contributed by atoms with Crippen LogP contribution in [0.3, 0.4) is 0 Å². The van der Waals surface area contributed by atoms with E-state index in [1.807, 2.05) is 13.0 Å². The summed E-state index contributed by atoms with van der Waals surface area (Å²) in [6, 6.07) is 8.49. The van der Waals surface area contributed by atoms with Crippen LogP contribution in [0, 0.1) is 6.92 Å². The van der Waals surface area contributed by atoms with E-state index in [0.717, 1.165) is 18.9 Å². The minimum atomic E-state index is 0.720. The fraction of sp³-hybridized carbons (Fsp3) is 0.385. The molecule has 1 aromatic heterocycles. The Labute approximate surface area is 90.5 Å². The van der Waals surface area contributed by atoms with E-state index in [-0.39, 0.29) is 0 Å². The fourth-order valence-corrected chi connectivity index (χ4v) is 2.05. The van der Waals surface area contributed by atoms with Crippen LogP contribution in [0.2, 0.25) is 0 Å². The van der Waals surface area contributed by atoms with Crippen LogP contribution in [-0.2, 0) is 6.54 Å². The molecule has 0 fully saturated rings. The van der Waals surface area contributed by atoms with Gasteiger partial charge in [0.2, 0.25) is 0 Å². The molecule has 1 heterocycles. The molecule has 2 nitrogen and oxygen atoms in total. The topological polar surface area (TPSA) is 14.2 Å². The zero-order valence-corrected chi connectivity index (χ0v) is 9.58. The molecule has 0 radical (unpaired) electrons. The summed E-state index contributed by atoms with van der Waals surface area (Å²) in [5.74, 6) is 0.956. The lowest BCUT2D eigenvalue weighted by atomic mass is 10.2. The van der Waals surface area contributed by atoms with Crippen LogP contribution in [0.1, 0.15) is 19.5 Å². The molecule has 0 aliphatic carbocycles. The third-order valence-corrected chi connectivity index (χ3v) is 2.71. The molecular formula is C13H17NO. The van der Waals surface area contributed by atoms with E-state index in [2.05, 4.69) is 36.6 Å². The average Bonchev–Trinajstić information content (AvgIpc) is 2.53. The highest BCUT2D eigenvalue weighted by atomic mass is 16.5. The number of hydrogen-bond donors (Lipinski definition) is 0. The van der Waals surface area contributed by atoms with Crippen molar-refractivity contribution in [2.24, 2.45) is 0 Å². The molecule has 0 amide bonds. The monoisotopic (exact) mass is 203 g/mol. The van der Waals surface area contributed by atoms with Crippen LogP contribution >= 0.6 is 0 Å². The Morgan fingerprint density at radius 2 is 2.00 bits per heavy atom. The Bertz CT molecular complexity index is 471. The van der Waals surface area contributed by atoms with Gasteiger partial charge in [-0.25, -0.2) is 0 Å². The van der Waals surface area contributed by atoms with Crippen LogP contribution in [0.25, 0.3) is 10.9 Å². The van der Waals surface area contributed by atoms with Gasteiger partial charge >= 0.3 is 0 Å². The molecule has 2 heteroatoms. The molecule has 0 unspecified atom stereocenters. The van der Waals surface area contributed by atoms with Gasteiger partial charge in [0.05, 0.1) is 12.1 Å². The molecule has 0 saturated heterocycles. The standard InChI is InChI=1S/C13H17NO/c1-4-14-10(3)8-11-6-7-12(15-5-2)9-13(11)14/h6-9H,4-5H2,1-3H3. The predicted octanol–water partition coefficient (Wildman–Crippen LogP) is 3.37. The number of rotatable bonds is 3. The van der Waals surface area contributed by atoms with E-state index in [4.69, 9.17) is 4.74 Å². The van der Waals surface area contributed by atoms with Gasteiger partial charge in [-0.1, -0.05) is 0 Å². The Morgan fingerprint density at radius 3 is 2.67 bits per heavy atom. The third-order valence-electron chi connectivity index (χ3n) is 2.71. The number of aromatic nitrogens is 1. The Morgan fingerprint density at radius 1 is 1.20 bits per heavy atom. The number of nitrogens with zero attached hydrogens (tertiary/aromatic N) is 1. The summed E-state index contributed by atoms with van der Waals surface area (Å²) >= 11 is 0. The van der Waals surface area contributed by atoms with Crippen molar-refractivity contribution in [3.63, 3.8) is 0 Å². The van der Waals surface area contributed by atoms with Crippen LogP contribution in [0.15, 0.2) is 24.3 Å². The maximum Gasteiger partial charge on any atom is 0.121 e. The molecule has 80 valence electrons. The summed E-state index contributed by atoms with van der Waals surface area (Å²) in [7, 11) is 0. The lowest BCUT2D eigenvalue weighted by molar-refractivity contribution is 0.340. The first-order valence-electron chi connectivity index (χ1n) is 5.49. The van der Waals surface area contributed by atoms with Crippen molar-refractivity contribution in [3.05, 3.63) is 30.0 Å². The van der Waals surface area contributed by atoms with Crippen LogP contribution in [-0.4, -0.2) is 11.2 Å². The summed E-state index contributed by atoms with van der Waals surface area (Å²) in [6.07, 6.45) is 0. The molecule has 1 aromatic carbocycles. The van der Waals surface area contributed by atoms with Crippen LogP contribution < -0.4 is 4.74 Å². The quantitative estimate of drug-likeness (QED) is 0.746. The highest BCUT2D eigenvalue weighted by Gasteiger charge is 2.04. The number of benzene rings is 1. The minimum Gasteiger partial charge on any atom is -0.494 e. The maximum absolute atomic E-state index is 5.51. The largest absolute Gasteiger partial charge is 0.494 e. The smallest absolute Gasteiger partial charge is 0.121 e. The second kappa shape index (κ2) is 3.97. The normalized spacial score (nSPS) is 10.9. The van der Waals surface area contributed by atoms with Crippen molar-refractivity contribution < 1.29 is 4.74 Å². The van der Waals surface area contributed by atoms with Crippen molar-refractivity contribution in [1.29, 1.82) is 0 Å². The molecule has 0 bridgehead atoms. The van der Waals surface area contributed by atoms with Gasteiger partial charge < -0.3 is 9.30 Å². The zero-order chi connectivity index (χ0) is 10.8. The molecule has 0 saturated carbocycles. The number of aryl methyl sites for hydroxylation is 2. The highest BCUT2D eigenvalue weighted by Crippen LogP contribution is 2.24. The summed E-state index contributed by atoms with van der Waals surface area (Å²) in [6.45, 7) is 8.04. The lowest BCUT2D eigenvalue weighted by Gasteiger charge is -2.06. The van der Waals surface area contributed by atoms with E-state index in [0.29, 0.717) is 0 Å². The predicted molar refractivity (Wildman–Crippen MR) is 63.5 cm³/mol. The average molecular weight is 203 g/mol. The van der Waals surface area contributed by atoms with Crippen molar-refractivity contribution >= 4 is 10.9 Å².